The Bertz CT molecular complexity index is 748. The first-order valence-electron chi connectivity index (χ1n) is 9.13. The molecule has 1 aliphatic rings. The first-order valence-corrected chi connectivity index (χ1v) is 9.13. The van der Waals surface area contributed by atoms with E-state index in [2.05, 4.69) is 20.5 Å². The number of aromatic nitrogens is 3. The van der Waals surface area contributed by atoms with E-state index in [-0.39, 0.29) is 5.91 Å². The number of methoxy groups -OCH3 is 1. The number of pyridine rings is 1. The molecule has 2 aromatic heterocycles. The minimum Gasteiger partial charge on any atom is -0.480 e. The molecule has 27 heavy (non-hydrogen) atoms. The first kappa shape index (κ1) is 18.9. The Hall–Kier alpha value is -2.90. The van der Waals surface area contributed by atoms with Crippen LogP contribution < -0.4 is 15.0 Å². The summed E-state index contributed by atoms with van der Waals surface area (Å²) in [5, 5.41) is 11.4. The zero-order valence-corrected chi connectivity index (χ0v) is 16.1. The van der Waals surface area contributed by atoms with Crippen LogP contribution in [0.4, 0.5) is 11.5 Å². The third kappa shape index (κ3) is 4.84. The number of rotatable bonds is 5. The van der Waals surface area contributed by atoms with Crippen molar-refractivity contribution in [2.24, 2.45) is 0 Å². The molecule has 0 saturated carbocycles. The van der Waals surface area contributed by atoms with Gasteiger partial charge in [-0.2, -0.15) is 0 Å². The zero-order valence-electron chi connectivity index (χ0n) is 16.1. The van der Waals surface area contributed by atoms with Gasteiger partial charge in [-0.3, -0.25) is 4.79 Å². The van der Waals surface area contributed by atoms with Gasteiger partial charge in [-0.1, -0.05) is 0 Å². The number of ether oxygens (including phenoxy) is 1. The number of hydrogen-bond donors (Lipinski definition) is 1. The minimum absolute atomic E-state index is 0.0807. The predicted molar refractivity (Wildman–Crippen MR) is 104 cm³/mol. The summed E-state index contributed by atoms with van der Waals surface area (Å²) in [4.78, 5) is 20.9. The molecule has 144 valence electrons. The Morgan fingerprint density at radius 1 is 1.19 bits per heavy atom. The lowest BCUT2D eigenvalue weighted by atomic mass is 10.1. The number of nitrogens with zero attached hydrogens (tertiary/aromatic N) is 5. The molecule has 1 N–H and O–H groups in total. The molecule has 1 aliphatic heterocycles. The summed E-state index contributed by atoms with van der Waals surface area (Å²) >= 11 is 0. The molecule has 0 radical (unpaired) electrons. The second kappa shape index (κ2) is 8.66. The van der Waals surface area contributed by atoms with E-state index in [0.29, 0.717) is 24.2 Å². The van der Waals surface area contributed by atoms with Gasteiger partial charge < -0.3 is 19.9 Å². The summed E-state index contributed by atoms with van der Waals surface area (Å²) in [7, 11) is 5.47. The highest BCUT2D eigenvalue weighted by atomic mass is 16.5. The molecule has 0 aromatic carbocycles. The summed E-state index contributed by atoms with van der Waals surface area (Å²) < 4.78 is 4.99. The van der Waals surface area contributed by atoms with Crippen molar-refractivity contribution in [3.05, 3.63) is 36.2 Å². The number of carbonyl (C=O) groups excluding carboxylic acids is 1. The standard InChI is InChI=1S/C19H26N6O2/c1-24(2)17-8-6-15(13-20-17)21-14-5-4-11-25(12-10-14)19(26)16-7-9-18(27-3)23-22-16/h6-9,13-14,21H,4-5,10-12H2,1-3H3/t14-/m1/s1. The van der Waals surface area contributed by atoms with E-state index < -0.39 is 0 Å². The van der Waals surface area contributed by atoms with Gasteiger partial charge >= 0.3 is 0 Å². The molecule has 8 heteroatoms. The Kier molecular flexibility index (Phi) is 6.05. The molecular weight excluding hydrogens is 344 g/mol. The van der Waals surface area contributed by atoms with Gasteiger partial charge in [0.25, 0.3) is 5.91 Å². The second-order valence-electron chi connectivity index (χ2n) is 6.82. The number of likely N-dealkylation sites (tertiary alicyclic amines) is 1. The number of amides is 1. The summed E-state index contributed by atoms with van der Waals surface area (Å²) in [6, 6.07) is 7.68. The van der Waals surface area contributed by atoms with Crippen LogP contribution in [-0.4, -0.2) is 66.3 Å². The summed E-state index contributed by atoms with van der Waals surface area (Å²) in [5.74, 6) is 1.25. The lowest BCUT2D eigenvalue weighted by Gasteiger charge is -2.21. The van der Waals surface area contributed by atoms with Crippen LogP contribution >= 0.6 is 0 Å². The molecule has 0 aliphatic carbocycles. The van der Waals surface area contributed by atoms with Crippen molar-refractivity contribution in [1.29, 1.82) is 0 Å². The molecule has 1 fully saturated rings. The number of anilines is 2. The molecule has 0 unspecified atom stereocenters. The van der Waals surface area contributed by atoms with E-state index in [1.54, 1.807) is 12.1 Å². The van der Waals surface area contributed by atoms with Crippen molar-refractivity contribution in [3.8, 4) is 5.88 Å². The number of carbonyl (C=O) groups is 1. The fourth-order valence-corrected chi connectivity index (χ4v) is 3.12. The van der Waals surface area contributed by atoms with Gasteiger partial charge in [-0.05, 0) is 37.5 Å². The van der Waals surface area contributed by atoms with Gasteiger partial charge in [-0.15, -0.1) is 10.2 Å². The molecule has 1 saturated heterocycles. The van der Waals surface area contributed by atoms with Gasteiger partial charge in [0.1, 0.15) is 5.82 Å². The van der Waals surface area contributed by atoms with Crippen molar-refractivity contribution in [2.45, 2.75) is 25.3 Å². The molecule has 2 aromatic rings. The summed E-state index contributed by atoms with van der Waals surface area (Å²) in [5.41, 5.74) is 1.36. The van der Waals surface area contributed by atoms with Gasteiger partial charge in [-0.25, -0.2) is 4.98 Å². The average molecular weight is 370 g/mol. The van der Waals surface area contributed by atoms with Crippen molar-refractivity contribution < 1.29 is 9.53 Å². The van der Waals surface area contributed by atoms with Crippen molar-refractivity contribution in [1.82, 2.24) is 20.1 Å². The minimum atomic E-state index is -0.0807. The van der Waals surface area contributed by atoms with Gasteiger partial charge in [0, 0.05) is 39.3 Å². The van der Waals surface area contributed by atoms with Gasteiger partial charge in [0.05, 0.1) is 19.0 Å². The largest absolute Gasteiger partial charge is 0.480 e. The Morgan fingerprint density at radius 3 is 2.67 bits per heavy atom. The molecular formula is C19H26N6O2. The van der Waals surface area contributed by atoms with E-state index in [9.17, 15) is 4.79 Å². The number of nitrogens with one attached hydrogen (secondary N) is 1. The van der Waals surface area contributed by atoms with Gasteiger partial charge in [0.15, 0.2) is 5.69 Å². The van der Waals surface area contributed by atoms with Crippen molar-refractivity contribution >= 4 is 17.4 Å². The van der Waals surface area contributed by atoms with Crippen molar-refractivity contribution in [2.75, 3.05) is 44.5 Å². The summed E-state index contributed by atoms with van der Waals surface area (Å²) in [6.45, 7) is 1.41. The zero-order chi connectivity index (χ0) is 19.2. The topological polar surface area (TPSA) is 83.5 Å². The fraction of sp³-hybridized carbons (Fsp3) is 0.474. The van der Waals surface area contributed by atoms with Crippen LogP contribution in [0.2, 0.25) is 0 Å². The Labute approximate surface area is 159 Å². The molecule has 3 heterocycles. The van der Waals surface area contributed by atoms with E-state index in [0.717, 1.165) is 37.3 Å². The maximum Gasteiger partial charge on any atom is 0.274 e. The highest BCUT2D eigenvalue weighted by molar-refractivity contribution is 5.92. The van der Waals surface area contributed by atoms with Crippen LogP contribution in [0, 0.1) is 0 Å². The summed E-state index contributed by atoms with van der Waals surface area (Å²) in [6.07, 6.45) is 4.69. The first-order chi connectivity index (χ1) is 13.1. The van der Waals surface area contributed by atoms with E-state index in [1.165, 1.54) is 7.11 Å². The van der Waals surface area contributed by atoms with Crippen LogP contribution in [0.3, 0.4) is 0 Å². The third-order valence-electron chi connectivity index (χ3n) is 4.66. The van der Waals surface area contributed by atoms with E-state index in [1.807, 2.05) is 42.2 Å². The Morgan fingerprint density at radius 2 is 2.04 bits per heavy atom. The highest BCUT2D eigenvalue weighted by Gasteiger charge is 2.22. The fourth-order valence-electron chi connectivity index (χ4n) is 3.12. The lowest BCUT2D eigenvalue weighted by Crippen LogP contribution is -2.33. The van der Waals surface area contributed by atoms with Crippen LogP contribution in [-0.2, 0) is 0 Å². The SMILES string of the molecule is COc1ccc(C(=O)N2CCC[C@@H](Nc3ccc(N(C)C)nc3)CC2)nn1. The predicted octanol–water partition coefficient (Wildman–Crippen LogP) is 2.05. The van der Waals surface area contributed by atoms with Crippen LogP contribution in [0.15, 0.2) is 30.5 Å². The smallest absolute Gasteiger partial charge is 0.274 e. The Balaban J connectivity index is 1.57. The van der Waals surface area contributed by atoms with Crippen LogP contribution in [0.25, 0.3) is 0 Å². The van der Waals surface area contributed by atoms with Gasteiger partial charge in [0.2, 0.25) is 5.88 Å². The molecule has 1 atom stereocenters. The maximum atomic E-state index is 12.7. The number of hydrogen-bond acceptors (Lipinski definition) is 7. The van der Waals surface area contributed by atoms with Crippen molar-refractivity contribution in [3.63, 3.8) is 0 Å². The quantitative estimate of drug-likeness (QED) is 0.862. The monoisotopic (exact) mass is 370 g/mol. The third-order valence-corrected chi connectivity index (χ3v) is 4.66. The van der Waals surface area contributed by atoms with E-state index in [4.69, 9.17) is 4.74 Å². The molecule has 0 bridgehead atoms. The molecule has 3 rings (SSSR count). The molecule has 8 nitrogen and oxygen atoms in total. The van der Waals surface area contributed by atoms with E-state index >= 15 is 0 Å². The highest BCUT2D eigenvalue weighted by Crippen LogP contribution is 2.19. The second-order valence-corrected chi connectivity index (χ2v) is 6.82. The van der Waals surface area contributed by atoms with Crippen LogP contribution in [0.5, 0.6) is 5.88 Å². The normalized spacial score (nSPS) is 17.1. The average Bonchev–Trinajstić information content (AvgIpc) is 2.93. The molecule has 0 spiro atoms. The molecule has 1 amide bonds. The maximum absolute atomic E-state index is 12.7. The van der Waals surface area contributed by atoms with Crippen LogP contribution in [0.1, 0.15) is 29.8 Å². The lowest BCUT2D eigenvalue weighted by molar-refractivity contribution is 0.0754.